The molecule has 0 radical (unpaired) electrons. The van der Waals surface area contributed by atoms with Gasteiger partial charge in [-0.1, -0.05) is 29.8 Å². The minimum Gasteiger partial charge on any atom is -0.465 e. The van der Waals surface area contributed by atoms with Gasteiger partial charge in [-0.05, 0) is 24.6 Å². The average molecular weight is 291 g/mol. The number of aryl methyl sites for hydroxylation is 1. The zero-order valence-corrected chi connectivity index (χ0v) is 11.7. The molecule has 110 valence electrons. The van der Waals surface area contributed by atoms with Crippen LogP contribution in [0.5, 0.6) is 0 Å². The summed E-state index contributed by atoms with van der Waals surface area (Å²) in [6.45, 7) is 2.31. The molecule has 3 nitrogen and oxygen atoms in total. The first kappa shape index (κ1) is 15.0. The van der Waals surface area contributed by atoms with Crippen LogP contribution in [-0.4, -0.2) is 13.1 Å². The van der Waals surface area contributed by atoms with Crippen LogP contribution in [0, 0.1) is 18.6 Å². The van der Waals surface area contributed by atoms with Gasteiger partial charge >= 0.3 is 5.97 Å². The molecule has 0 amide bonds. The molecule has 0 heterocycles. The molecule has 0 aliphatic heterocycles. The second kappa shape index (κ2) is 6.35. The maximum Gasteiger partial charge on any atom is 0.340 e. The molecule has 2 rings (SSSR count). The molecule has 21 heavy (non-hydrogen) atoms. The number of halogens is 2. The van der Waals surface area contributed by atoms with E-state index in [1.165, 1.54) is 12.1 Å². The number of ether oxygens (including phenoxy) is 1. The number of benzene rings is 2. The maximum atomic E-state index is 13.9. The highest BCUT2D eigenvalue weighted by atomic mass is 19.2. The summed E-state index contributed by atoms with van der Waals surface area (Å²) in [4.78, 5) is 11.3. The third-order valence-corrected chi connectivity index (χ3v) is 3.05. The van der Waals surface area contributed by atoms with Crippen molar-refractivity contribution in [2.24, 2.45) is 0 Å². The fraction of sp³-hybridized carbons (Fsp3) is 0.188. The summed E-state index contributed by atoms with van der Waals surface area (Å²) in [7, 11) is 1.11. The van der Waals surface area contributed by atoms with Crippen LogP contribution < -0.4 is 5.32 Å². The SMILES string of the molecule is COC(=O)c1ccc(NCc2cccc(C)c2)c(F)c1F. The first-order valence-electron chi connectivity index (χ1n) is 6.38. The Labute approximate surface area is 121 Å². The van der Waals surface area contributed by atoms with E-state index < -0.39 is 23.2 Å². The van der Waals surface area contributed by atoms with Crippen molar-refractivity contribution in [1.29, 1.82) is 0 Å². The van der Waals surface area contributed by atoms with Crippen LogP contribution in [0.25, 0.3) is 0 Å². The monoisotopic (exact) mass is 291 g/mol. The molecular weight excluding hydrogens is 276 g/mol. The highest BCUT2D eigenvalue weighted by Crippen LogP contribution is 2.22. The molecule has 0 spiro atoms. The van der Waals surface area contributed by atoms with E-state index in [4.69, 9.17) is 0 Å². The Kier molecular flexibility index (Phi) is 4.52. The van der Waals surface area contributed by atoms with Crippen LogP contribution in [0.4, 0.5) is 14.5 Å². The number of anilines is 1. The average Bonchev–Trinajstić information content (AvgIpc) is 2.48. The molecule has 0 aliphatic rings. The molecule has 2 aromatic rings. The van der Waals surface area contributed by atoms with E-state index in [1.807, 2.05) is 31.2 Å². The second-order valence-corrected chi connectivity index (χ2v) is 4.62. The van der Waals surface area contributed by atoms with Crippen LogP contribution in [0.3, 0.4) is 0 Å². The van der Waals surface area contributed by atoms with Gasteiger partial charge in [-0.15, -0.1) is 0 Å². The molecule has 0 aliphatic carbocycles. The number of carbonyl (C=O) groups is 1. The number of rotatable bonds is 4. The summed E-state index contributed by atoms with van der Waals surface area (Å²) >= 11 is 0. The van der Waals surface area contributed by atoms with Crippen molar-refractivity contribution in [1.82, 2.24) is 0 Å². The van der Waals surface area contributed by atoms with Crippen molar-refractivity contribution in [2.45, 2.75) is 13.5 Å². The minimum absolute atomic E-state index is 0.00154. The largest absolute Gasteiger partial charge is 0.465 e. The van der Waals surface area contributed by atoms with E-state index in [0.29, 0.717) is 6.54 Å². The molecule has 0 unspecified atom stereocenters. The fourth-order valence-electron chi connectivity index (χ4n) is 1.97. The number of carbonyl (C=O) groups excluding carboxylic acids is 1. The molecule has 0 fully saturated rings. The standard InChI is InChI=1S/C16H15F2NO2/c1-10-4-3-5-11(8-10)9-19-13-7-6-12(16(20)21-2)14(17)15(13)18/h3-8,19H,9H2,1-2H3. The van der Waals surface area contributed by atoms with Gasteiger partial charge in [-0.25, -0.2) is 13.6 Å². The lowest BCUT2D eigenvalue weighted by Gasteiger charge is -2.10. The number of methoxy groups -OCH3 is 1. The molecule has 0 atom stereocenters. The van der Waals surface area contributed by atoms with Gasteiger partial charge in [0.05, 0.1) is 18.4 Å². The summed E-state index contributed by atoms with van der Waals surface area (Å²) in [6, 6.07) is 10.2. The molecule has 0 bridgehead atoms. The molecule has 2 aromatic carbocycles. The van der Waals surface area contributed by atoms with Gasteiger partial charge in [-0.2, -0.15) is 0 Å². The lowest BCUT2D eigenvalue weighted by Crippen LogP contribution is -2.09. The summed E-state index contributed by atoms with van der Waals surface area (Å²) < 4.78 is 32.1. The van der Waals surface area contributed by atoms with E-state index in [9.17, 15) is 13.6 Å². The summed E-state index contributed by atoms with van der Waals surface area (Å²) in [5.74, 6) is -3.21. The van der Waals surface area contributed by atoms with E-state index >= 15 is 0 Å². The Morgan fingerprint density at radius 2 is 1.95 bits per heavy atom. The van der Waals surface area contributed by atoms with Gasteiger partial charge in [0.2, 0.25) is 0 Å². The van der Waals surface area contributed by atoms with Crippen LogP contribution in [0.2, 0.25) is 0 Å². The summed E-state index contributed by atoms with van der Waals surface area (Å²) in [5, 5.41) is 2.81. The van der Waals surface area contributed by atoms with Gasteiger partial charge in [0.1, 0.15) is 0 Å². The predicted molar refractivity (Wildman–Crippen MR) is 76.2 cm³/mol. The first-order valence-corrected chi connectivity index (χ1v) is 6.38. The second-order valence-electron chi connectivity index (χ2n) is 4.62. The lowest BCUT2D eigenvalue weighted by atomic mass is 10.1. The number of esters is 1. The third kappa shape index (κ3) is 3.37. The highest BCUT2D eigenvalue weighted by Gasteiger charge is 2.18. The van der Waals surface area contributed by atoms with Crippen molar-refractivity contribution in [3.8, 4) is 0 Å². The fourth-order valence-corrected chi connectivity index (χ4v) is 1.97. The van der Waals surface area contributed by atoms with Crippen LogP contribution >= 0.6 is 0 Å². The molecule has 0 saturated heterocycles. The lowest BCUT2D eigenvalue weighted by molar-refractivity contribution is 0.0594. The normalized spacial score (nSPS) is 10.3. The van der Waals surface area contributed by atoms with E-state index in [2.05, 4.69) is 10.1 Å². The van der Waals surface area contributed by atoms with Crippen molar-refractivity contribution in [3.63, 3.8) is 0 Å². The van der Waals surface area contributed by atoms with Gasteiger partial charge in [0, 0.05) is 6.54 Å². The van der Waals surface area contributed by atoms with E-state index in [1.54, 1.807) is 0 Å². The Morgan fingerprint density at radius 1 is 1.19 bits per heavy atom. The Balaban J connectivity index is 2.18. The van der Waals surface area contributed by atoms with Gasteiger partial charge in [-0.3, -0.25) is 0 Å². The molecule has 0 saturated carbocycles. The van der Waals surface area contributed by atoms with Crippen LogP contribution in [0.15, 0.2) is 36.4 Å². The van der Waals surface area contributed by atoms with Gasteiger partial charge in [0.25, 0.3) is 0 Å². The Morgan fingerprint density at radius 3 is 2.62 bits per heavy atom. The van der Waals surface area contributed by atoms with Gasteiger partial charge in [0.15, 0.2) is 11.6 Å². The van der Waals surface area contributed by atoms with Crippen molar-refractivity contribution in [2.75, 3.05) is 12.4 Å². The Hall–Kier alpha value is -2.43. The van der Waals surface area contributed by atoms with Crippen LogP contribution in [0.1, 0.15) is 21.5 Å². The zero-order valence-electron chi connectivity index (χ0n) is 11.7. The topological polar surface area (TPSA) is 38.3 Å². The maximum absolute atomic E-state index is 13.9. The smallest absolute Gasteiger partial charge is 0.340 e. The number of hydrogen-bond acceptors (Lipinski definition) is 3. The molecular formula is C16H15F2NO2. The minimum atomic E-state index is -1.21. The number of nitrogens with one attached hydrogen (secondary N) is 1. The number of hydrogen-bond donors (Lipinski definition) is 1. The Bertz CT molecular complexity index is 671. The quantitative estimate of drug-likeness (QED) is 0.873. The summed E-state index contributed by atoms with van der Waals surface area (Å²) in [5.41, 5.74) is 1.62. The first-order chi connectivity index (χ1) is 10.0. The van der Waals surface area contributed by atoms with Crippen molar-refractivity contribution >= 4 is 11.7 Å². The van der Waals surface area contributed by atoms with Gasteiger partial charge < -0.3 is 10.1 Å². The summed E-state index contributed by atoms with van der Waals surface area (Å²) in [6.07, 6.45) is 0. The van der Waals surface area contributed by atoms with Crippen molar-refractivity contribution < 1.29 is 18.3 Å². The third-order valence-electron chi connectivity index (χ3n) is 3.05. The van der Waals surface area contributed by atoms with E-state index in [-0.39, 0.29) is 5.69 Å². The molecule has 1 N–H and O–H groups in total. The highest BCUT2D eigenvalue weighted by molar-refractivity contribution is 5.90. The molecule has 5 heteroatoms. The van der Waals surface area contributed by atoms with E-state index in [0.717, 1.165) is 18.2 Å². The molecule has 0 aromatic heterocycles. The zero-order chi connectivity index (χ0) is 15.4. The van der Waals surface area contributed by atoms with Crippen LogP contribution in [-0.2, 0) is 11.3 Å². The van der Waals surface area contributed by atoms with Crippen molar-refractivity contribution in [3.05, 3.63) is 64.7 Å². The predicted octanol–water partition coefficient (Wildman–Crippen LogP) is 3.67.